The summed E-state index contributed by atoms with van der Waals surface area (Å²) in [6.07, 6.45) is 10.5. The molecule has 1 heterocycles. The van der Waals surface area contributed by atoms with Crippen LogP contribution in [-0.4, -0.2) is 54.4 Å². The van der Waals surface area contributed by atoms with E-state index in [0.29, 0.717) is 13.0 Å². The summed E-state index contributed by atoms with van der Waals surface area (Å²) in [5, 5.41) is 22.6. The number of aliphatic hydroxyl groups excluding tert-OH is 1. The number of nitrogens with zero attached hydrogens (tertiary/aromatic N) is 2. The third kappa shape index (κ3) is 5.94. The van der Waals surface area contributed by atoms with Crippen LogP contribution in [0.3, 0.4) is 0 Å². The Morgan fingerprint density at radius 3 is 2.43 bits per heavy atom. The summed E-state index contributed by atoms with van der Waals surface area (Å²) in [7, 11) is 0. The number of piperidine rings is 1. The Morgan fingerprint density at radius 1 is 1.07 bits per heavy atom. The van der Waals surface area contributed by atoms with Gasteiger partial charge in [-0.05, 0) is 56.5 Å². The number of nitriles is 1. The summed E-state index contributed by atoms with van der Waals surface area (Å²) in [5.74, 6) is 0.734. The van der Waals surface area contributed by atoms with Crippen LogP contribution in [-0.2, 0) is 6.42 Å². The first kappa shape index (κ1) is 21.1. The molecule has 2 aliphatic rings. The molecule has 0 radical (unpaired) electrons. The highest BCUT2D eigenvalue weighted by Gasteiger charge is 2.37. The van der Waals surface area contributed by atoms with Crippen LogP contribution in [0.15, 0.2) is 24.3 Å². The second kappa shape index (κ2) is 10.8. The first-order chi connectivity index (χ1) is 13.7. The van der Waals surface area contributed by atoms with E-state index >= 15 is 0 Å². The van der Waals surface area contributed by atoms with Crippen LogP contribution in [0.5, 0.6) is 5.75 Å². The van der Waals surface area contributed by atoms with E-state index < -0.39 is 6.10 Å². The molecule has 1 aliphatic carbocycles. The van der Waals surface area contributed by atoms with E-state index in [9.17, 15) is 5.11 Å². The summed E-state index contributed by atoms with van der Waals surface area (Å²) in [6, 6.07) is 9.66. The van der Waals surface area contributed by atoms with Gasteiger partial charge in [-0.2, -0.15) is 5.26 Å². The summed E-state index contributed by atoms with van der Waals surface area (Å²) < 4.78 is 5.70. The summed E-state index contributed by atoms with van der Waals surface area (Å²) in [5.41, 5.74) is 1.27. The van der Waals surface area contributed by atoms with E-state index in [2.05, 4.69) is 16.3 Å². The van der Waals surface area contributed by atoms with Gasteiger partial charge in [-0.1, -0.05) is 37.8 Å². The van der Waals surface area contributed by atoms with Crippen LogP contribution in [0, 0.1) is 11.3 Å². The fraction of sp³-hybridized carbons (Fsp3) is 0.696. The summed E-state index contributed by atoms with van der Waals surface area (Å²) >= 11 is 0. The van der Waals surface area contributed by atoms with Crippen molar-refractivity contribution >= 4 is 0 Å². The lowest BCUT2D eigenvalue weighted by Crippen LogP contribution is -2.58. The molecule has 154 valence electrons. The number of hydrogen-bond acceptors (Lipinski definition) is 5. The van der Waals surface area contributed by atoms with Crippen molar-refractivity contribution in [2.75, 3.05) is 32.8 Å². The molecule has 1 unspecified atom stereocenters. The van der Waals surface area contributed by atoms with Gasteiger partial charge in [0, 0.05) is 18.6 Å². The van der Waals surface area contributed by atoms with Crippen LogP contribution in [0.25, 0.3) is 0 Å². The van der Waals surface area contributed by atoms with Gasteiger partial charge in [0.25, 0.3) is 0 Å². The number of ether oxygens (including phenoxy) is 1. The summed E-state index contributed by atoms with van der Waals surface area (Å²) in [4.78, 5) is 2.73. The molecule has 2 N–H and O–H groups in total. The highest BCUT2D eigenvalue weighted by atomic mass is 16.5. The van der Waals surface area contributed by atoms with Crippen molar-refractivity contribution in [1.29, 1.82) is 5.26 Å². The molecular weight excluding hydrogens is 350 g/mol. The molecule has 2 fully saturated rings. The number of rotatable bonds is 9. The van der Waals surface area contributed by atoms with E-state index in [1.54, 1.807) is 0 Å². The lowest BCUT2D eigenvalue weighted by Gasteiger charge is -2.48. The van der Waals surface area contributed by atoms with E-state index in [0.717, 1.165) is 17.9 Å². The smallest absolute Gasteiger partial charge is 0.119 e. The van der Waals surface area contributed by atoms with Gasteiger partial charge in [0.1, 0.15) is 18.5 Å². The normalized spacial score (nSPS) is 21.0. The van der Waals surface area contributed by atoms with Crippen molar-refractivity contribution in [3.63, 3.8) is 0 Å². The Bertz CT molecular complexity index is 614. The third-order valence-corrected chi connectivity index (χ3v) is 6.29. The molecule has 1 atom stereocenters. The van der Waals surface area contributed by atoms with Gasteiger partial charge in [-0.3, -0.25) is 4.90 Å². The molecule has 0 amide bonds. The van der Waals surface area contributed by atoms with Crippen LogP contribution in [0.2, 0.25) is 0 Å². The number of hydrogen-bond donors (Lipinski definition) is 2. The molecular formula is C23H35N3O2. The minimum absolute atomic E-state index is 0.279. The van der Waals surface area contributed by atoms with Crippen LogP contribution in [0.4, 0.5) is 0 Å². The Morgan fingerprint density at radius 2 is 1.75 bits per heavy atom. The van der Waals surface area contributed by atoms with Crippen molar-refractivity contribution in [3.8, 4) is 11.8 Å². The molecule has 28 heavy (non-hydrogen) atoms. The second-order valence-electron chi connectivity index (χ2n) is 8.41. The zero-order valence-corrected chi connectivity index (χ0v) is 17.0. The molecule has 1 aromatic carbocycles. The minimum atomic E-state index is -0.527. The molecule has 5 nitrogen and oxygen atoms in total. The number of likely N-dealkylation sites (tertiary alicyclic amines) is 1. The zero-order valence-electron chi connectivity index (χ0n) is 17.0. The maximum atomic E-state index is 10.3. The lowest BCUT2D eigenvalue weighted by atomic mass is 9.79. The predicted octanol–water partition coefficient (Wildman–Crippen LogP) is 3.27. The highest BCUT2D eigenvalue weighted by molar-refractivity contribution is 5.28. The summed E-state index contributed by atoms with van der Waals surface area (Å²) in [6.45, 7) is 4.26. The van der Waals surface area contributed by atoms with Gasteiger partial charge < -0.3 is 15.2 Å². The predicted molar refractivity (Wildman–Crippen MR) is 111 cm³/mol. The molecule has 0 spiro atoms. The quantitative estimate of drug-likeness (QED) is 0.683. The van der Waals surface area contributed by atoms with Gasteiger partial charge in [-0.15, -0.1) is 0 Å². The molecule has 3 rings (SSSR count). The van der Waals surface area contributed by atoms with Crippen LogP contribution in [0.1, 0.15) is 56.9 Å². The van der Waals surface area contributed by atoms with E-state index in [1.807, 2.05) is 24.3 Å². The first-order valence-electron chi connectivity index (χ1n) is 10.9. The van der Waals surface area contributed by atoms with E-state index in [4.69, 9.17) is 10.00 Å². The monoisotopic (exact) mass is 385 g/mol. The largest absolute Gasteiger partial charge is 0.491 e. The van der Waals surface area contributed by atoms with Crippen molar-refractivity contribution in [3.05, 3.63) is 29.8 Å². The molecule has 0 aromatic heterocycles. The lowest BCUT2D eigenvalue weighted by molar-refractivity contribution is 0.0289. The Balaban J connectivity index is 1.42. The molecule has 1 saturated carbocycles. The van der Waals surface area contributed by atoms with Gasteiger partial charge in [-0.25, -0.2) is 0 Å². The van der Waals surface area contributed by atoms with Gasteiger partial charge in [0.15, 0.2) is 0 Å². The van der Waals surface area contributed by atoms with E-state index in [-0.39, 0.29) is 12.1 Å². The second-order valence-corrected chi connectivity index (χ2v) is 8.41. The molecule has 5 heteroatoms. The molecule has 1 aromatic rings. The average Bonchev–Trinajstić information content (AvgIpc) is 2.75. The molecule has 1 aliphatic heterocycles. The maximum absolute atomic E-state index is 10.3. The van der Waals surface area contributed by atoms with Crippen molar-refractivity contribution < 1.29 is 9.84 Å². The van der Waals surface area contributed by atoms with Crippen LogP contribution >= 0.6 is 0 Å². The maximum Gasteiger partial charge on any atom is 0.119 e. The van der Waals surface area contributed by atoms with E-state index in [1.165, 1.54) is 64.5 Å². The van der Waals surface area contributed by atoms with Crippen molar-refractivity contribution in [2.24, 2.45) is 0 Å². The third-order valence-electron chi connectivity index (χ3n) is 6.29. The fourth-order valence-corrected chi connectivity index (χ4v) is 4.70. The SMILES string of the molecule is N#CCc1ccc(OCC(O)CNCC2(N3CCCCC3)CCCCC2)cc1. The zero-order chi connectivity index (χ0) is 19.7. The number of benzene rings is 1. The number of nitrogens with one attached hydrogen (secondary N) is 1. The standard InChI is InChI=1S/C23H35N3O2/c24-14-11-20-7-9-22(10-8-20)28-18-21(27)17-25-19-23(12-3-1-4-13-23)26-15-5-2-6-16-26/h7-10,21,25,27H,1-6,11-13,15-19H2. The van der Waals surface area contributed by atoms with Gasteiger partial charge in [0.05, 0.1) is 12.5 Å². The molecule has 1 saturated heterocycles. The average molecular weight is 386 g/mol. The highest BCUT2D eigenvalue weighted by Crippen LogP contribution is 2.35. The fourth-order valence-electron chi connectivity index (χ4n) is 4.70. The Hall–Kier alpha value is -1.61. The topological polar surface area (TPSA) is 68.5 Å². The minimum Gasteiger partial charge on any atom is -0.491 e. The molecule has 0 bridgehead atoms. The van der Waals surface area contributed by atoms with Gasteiger partial charge >= 0.3 is 0 Å². The van der Waals surface area contributed by atoms with Crippen LogP contribution < -0.4 is 10.1 Å². The van der Waals surface area contributed by atoms with Crippen molar-refractivity contribution in [1.82, 2.24) is 10.2 Å². The van der Waals surface area contributed by atoms with Gasteiger partial charge in [0.2, 0.25) is 0 Å². The van der Waals surface area contributed by atoms with Crippen molar-refractivity contribution in [2.45, 2.75) is 69.4 Å². The number of aliphatic hydroxyl groups is 1. The first-order valence-corrected chi connectivity index (χ1v) is 10.9. The Labute approximate surface area is 169 Å². The Kier molecular flexibility index (Phi) is 8.14.